The molecule has 0 bridgehead atoms. The predicted octanol–water partition coefficient (Wildman–Crippen LogP) is 14.5. The van der Waals surface area contributed by atoms with Crippen LogP contribution in [0.25, 0.3) is 35.4 Å². The third-order valence-electron chi connectivity index (χ3n) is 9.67. The summed E-state index contributed by atoms with van der Waals surface area (Å²) in [6.45, 7) is 0. The second-order valence-corrected chi connectivity index (χ2v) is 13.4. The molecule has 0 saturated heterocycles. The van der Waals surface area contributed by atoms with Crippen molar-refractivity contribution < 1.29 is 0 Å². The van der Waals surface area contributed by atoms with Gasteiger partial charge in [0.1, 0.15) is 0 Å². The molecule has 0 aromatic heterocycles. The van der Waals surface area contributed by atoms with Gasteiger partial charge in [0.2, 0.25) is 0 Å². The Bertz CT molecular complexity index is 2330. The fourth-order valence-corrected chi connectivity index (χ4v) is 6.82. The predicted molar refractivity (Wildman–Crippen MR) is 232 cm³/mol. The normalized spacial score (nSPS) is 12.6. The maximum Gasteiger partial charge on any atom is 0.0462 e. The summed E-state index contributed by atoms with van der Waals surface area (Å²) in [5, 5.41) is 0. The highest BCUT2D eigenvalue weighted by Crippen LogP contribution is 2.35. The topological polar surface area (TPSA) is 6.48 Å². The van der Waals surface area contributed by atoms with Gasteiger partial charge >= 0.3 is 0 Å². The molecule has 7 aromatic rings. The van der Waals surface area contributed by atoms with Gasteiger partial charge in [-0.25, -0.2) is 0 Å². The highest BCUT2D eigenvalue weighted by atomic mass is 15.1. The number of nitrogens with zero attached hydrogens (tertiary/aromatic N) is 2. The number of para-hydroxylation sites is 3. The summed E-state index contributed by atoms with van der Waals surface area (Å²) in [5.41, 5.74) is 14.0. The Morgan fingerprint density at radius 3 is 1.02 bits per heavy atom. The zero-order chi connectivity index (χ0) is 36.4. The molecule has 0 saturated carbocycles. The molecule has 7 aromatic carbocycles. The first-order valence-corrected chi connectivity index (χ1v) is 18.7. The Hall–Kier alpha value is -6.90. The average molecular weight is 695 g/mol. The number of allylic oxidation sites excluding steroid dienone is 3. The molecule has 0 heterocycles. The Labute approximate surface area is 319 Å². The molecule has 1 aliphatic rings. The Morgan fingerprint density at radius 2 is 0.648 bits per heavy atom. The lowest BCUT2D eigenvalue weighted by Gasteiger charge is -2.27. The van der Waals surface area contributed by atoms with Crippen molar-refractivity contribution in [3.63, 3.8) is 0 Å². The maximum absolute atomic E-state index is 2.33. The van der Waals surface area contributed by atoms with E-state index in [9.17, 15) is 0 Å². The van der Waals surface area contributed by atoms with E-state index >= 15 is 0 Å². The summed E-state index contributed by atoms with van der Waals surface area (Å²) in [4.78, 5) is 4.61. The summed E-state index contributed by atoms with van der Waals surface area (Å²) < 4.78 is 0. The van der Waals surface area contributed by atoms with E-state index in [1.54, 1.807) is 0 Å². The van der Waals surface area contributed by atoms with Crippen LogP contribution in [0.1, 0.15) is 35.1 Å². The van der Waals surface area contributed by atoms with Crippen LogP contribution >= 0.6 is 0 Å². The van der Waals surface area contributed by atoms with Gasteiger partial charge in [0.25, 0.3) is 0 Å². The molecule has 0 spiro atoms. The number of hydrogen-bond acceptors (Lipinski definition) is 2. The van der Waals surface area contributed by atoms with Crippen molar-refractivity contribution >= 4 is 52.7 Å². The third kappa shape index (κ3) is 8.25. The van der Waals surface area contributed by atoms with E-state index in [0.717, 1.165) is 41.2 Å². The minimum Gasteiger partial charge on any atom is -0.311 e. The molecule has 0 radical (unpaired) electrons. The first-order chi connectivity index (χ1) is 26.8. The molecule has 8 rings (SSSR count). The molecule has 0 aliphatic heterocycles. The lowest BCUT2D eigenvalue weighted by molar-refractivity contribution is 0.997. The Morgan fingerprint density at radius 1 is 0.315 bits per heavy atom. The van der Waals surface area contributed by atoms with Crippen LogP contribution in [0.4, 0.5) is 28.4 Å². The van der Waals surface area contributed by atoms with Crippen LogP contribution < -0.4 is 9.80 Å². The molecule has 0 fully saturated rings. The fraction of sp³-hybridized carbons (Fsp3) is 0.0385. The van der Waals surface area contributed by atoms with Crippen LogP contribution in [0.2, 0.25) is 0 Å². The van der Waals surface area contributed by atoms with Crippen molar-refractivity contribution in [3.05, 3.63) is 234 Å². The van der Waals surface area contributed by atoms with Crippen molar-refractivity contribution in [2.75, 3.05) is 9.80 Å². The fourth-order valence-electron chi connectivity index (χ4n) is 6.82. The number of anilines is 5. The Kier molecular flexibility index (Phi) is 10.5. The second kappa shape index (κ2) is 16.6. The molecule has 0 N–H and O–H groups in total. The molecule has 0 unspecified atom stereocenters. The van der Waals surface area contributed by atoms with Crippen LogP contribution in [-0.2, 0) is 0 Å². The second-order valence-electron chi connectivity index (χ2n) is 13.4. The smallest absolute Gasteiger partial charge is 0.0462 e. The lowest BCUT2D eigenvalue weighted by atomic mass is 10.0. The maximum atomic E-state index is 2.33. The lowest BCUT2D eigenvalue weighted by Crippen LogP contribution is -2.16. The number of hydrogen-bond donors (Lipinski definition) is 0. The minimum atomic E-state index is 1.07. The van der Waals surface area contributed by atoms with Crippen molar-refractivity contribution in [1.82, 2.24) is 0 Å². The monoisotopic (exact) mass is 694 g/mol. The van der Waals surface area contributed by atoms with E-state index in [1.807, 2.05) is 0 Å². The minimum absolute atomic E-state index is 1.07. The summed E-state index contributed by atoms with van der Waals surface area (Å²) in [7, 11) is 0. The highest BCUT2D eigenvalue weighted by Gasteiger charge is 2.14. The van der Waals surface area contributed by atoms with Gasteiger partial charge in [0.05, 0.1) is 0 Å². The Balaban J connectivity index is 0.901. The van der Waals surface area contributed by atoms with E-state index in [4.69, 9.17) is 0 Å². The van der Waals surface area contributed by atoms with Crippen LogP contribution in [0.15, 0.2) is 212 Å². The van der Waals surface area contributed by atoms with Crippen molar-refractivity contribution in [1.29, 1.82) is 0 Å². The summed E-state index contributed by atoms with van der Waals surface area (Å²) >= 11 is 0. The van der Waals surface area contributed by atoms with Gasteiger partial charge in [0.15, 0.2) is 0 Å². The van der Waals surface area contributed by atoms with Crippen molar-refractivity contribution in [2.45, 2.75) is 12.8 Å². The molecule has 2 nitrogen and oxygen atoms in total. The van der Waals surface area contributed by atoms with E-state index in [1.165, 1.54) is 39.2 Å². The van der Waals surface area contributed by atoms with Gasteiger partial charge < -0.3 is 9.80 Å². The van der Waals surface area contributed by atoms with Crippen molar-refractivity contribution in [3.8, 4) is 11.1 Å². The third-order valence-corrected chi connectivity index (χ3v) is 9.67. The van der Waals surface area contributed by atoms with Gasteiger partial charge in [-0.3, -0.25) is 0 Å². The van der Waals surface area contributed by atoms with Gasteiger partial charge in [0, 0.05) is 34.1 Å². The quantitative estimate of drug-likeness (QED) is 0.124. The zero-order valence-electron chi connectivity index (χ0n) is 30.2. The summed E-state index contributed by atoms with van der Waals surface area (Å²) in [6, 6.07) is 66.7. The standard InChI is InChI=1S/C52H42N2/c1-5-13-47(14-6-1)53(48-15-7-2-8-16-48)51-37-29-43(30-38-51)23-21-41-25-33-45(34-26-41)46-35-27-42(28-36-46)22-24-44-31-39-52(40-32-44)54(49-17-9-3-10-18-49)50-19-11-4-12-20-50/h1-3,5-11,13-40H,4,12H2/b23-21+,24-22+. The largest absolute Gasteiger partial charge is 0.311 e. The average Bonchev–Trinajstić information content (AvgIpc) is 3.25. The number of rotatable bonds is 11. The van der Waals surface area contributed by atoms with E-state index < -0.39 is 0 Å². The zero-order valence-corrected chi connectivity index (χ0v) is 30.2. The van der Waals surface area contributed by atoms with Crippen LogP contribution in [0, 0.1) is 0 Å². The van der Waals surface area contributed by atoms with E-state index in [0.29, 0.717) is 0 Å². The first-order valence-electron chi connectivity index (χ1n) is 18.7. The molecule has 54 heavy (non-hydrogen) atoms. The number of benzene rings is 7. The highest BCUT2D eigenvalue weighted by molar-refractivity contribution is 5.79. The molecule has 260 valence electrons. The summed E-state index contributed by atoms with van der Waals surface area (Å²) in [5.74, 6) is 0. The molecule has 0 amide bonds. The van der Waals surface area contributed by atoms with Gasteiger partial charge in [-0.15, -0.1) is 0 Å². The first kappa shape index (κ1) is 34.2. The molecular weight excluding hydrogens is 653 g/mol. The van der Waals surface area contributed by atoms with Crippen LogP contribution in [0.3, 0.4) is 0 Å². The van der Waals surface area contributed by atoms with Crippen LogP contribution in [-0.4, -0.2) is 0 Å². The van der Waals surface area contributed by atoms with Gasteiger partial charge in [-0.1, -0.05) is 164 Å². The van der Waals surface area contributed by atoms with Crippen LogP contribution in [0.5, 0.6) is 0 Å². The molecule has 2 heteroatoms. The van der Waals surface area contributed by atoms with E-state index in [2.05, 4.69) is 240 Å². The van der Waals surface area contributed by atoms with E-state index in [-0.39, 0.29) is 0 Å². The van der Waals surface area contributed by atoms with Crippen molar-refractivity contribution in [2.24, 2.45) is 0 Å². The molecule has 0 atom stereocenters. The van der Waals surface area contributed by atoms with Gasteiger partial charge in [-0.2, -0.15) is 0 Å². The van der Waals surface area contributed by atoms with Gasteiger partial charge in [-0.05, 0) is 113 Å². The molecular formula is C52H42N2. The SMILES string of the molecule is C1=CC(N(c2ccccc2)c2ccc(/C=C/c3ccc(-c4ccc(/C=C/c5ccc(N(c6ccccc6)c6ccccc6)cc5)cc4)cc3)cc2)=CCC1. The summed E-state index contributed by atoms with van der Waals surface area (Å²) in [6.07, 6.45) is 17.7. The molecule has 1 aliphatic carbocycles.